The second-order valence-corrected chi connectivity index (χ2v) is 9.61. The summed E-state index contributed by atoms with van der Waals surface area (Å²) >= 11 is 4.45. The molecular weight excluding hydrogens is 678 g/mol. The molecular formula is C25H18I2N2O6. The third kappa shape index (κ3) is 5.99. The number of carbonyl (C=O) groups excluding carboxylic acids is 1. The zero-order chi connectivity index (χ0) is 24.9. The van der Waals surface area contributed by atoms with Crippen molar-refractivity contribution >= 4 is 68.8 Å². The molecule has 0 N–H and O–H groups in total. The van der Waals surface area contributed by atoms with E-state index in [-0.39, 0.29) is 17.3 Å². The summed E-state index contributed by atoms with van der Waals surface area (Å²) in [6, 6.07) is 17.3. The van der Waals surface area contributed by atoms with Crippen molar-refractivity contribution < 1.29 is 23.9 Å². The molecule has 0 radical (unpaired) electrons. The predicted molar refractivity (Wildman–Crippen MR) is 148 cm³/mol. The van der Waals surface area contributed by atoms with Gasteiger partial charge in [0.2, 0.25) is 5.90 Å². The first-order valence-corrected chi connectivity index (χ1v) is 12.6. The third-order valence-corrected chi connectivity index (χ3v) is 6.76. The standard InChI is InChI=1S/C25H18I2N2O6/c1-2-33-22-13-15(11-20(27)23(22)34-14-17-5-3-4-6-19(17)26)12-21-25(30)35-24(28-21)16-7-9-18(10-8-16)29(31)32/h3-13H,2,14H2,1H3/b21-12-. The maximum Gasteiger partial charge on any atom is 0.363 e. The third-order valence-electron chi connectivity index (χ3n) is 4.91. The van der Waals surface area contributed by atoms with Crippen molar-refractivity contribution in [3.63, 3.8) is 0 Å². The van der Waals surface area contributed by atoms with Crippen molar-refractivity contribution in [1.29, 1.82) is 0 Å². The second-order valence-electron chi connectivity index (χ2n) is 7.28. The highest BCUT2D eigenvalue weighted by molar-refractivity contribution is 14.1. The van der Waals surface area contributed by atoms with Crippen molar-refractivity contribution in [3.05, 3.63) is 100 Å². The fraction of sp³-hybridized carbons (Fsp3) is 0.120. The quantitative estimate of drug-likeness (QED) is 0.0925. The Labute approximate surface area is 228 Å². The van der Waals surface area contributed by atoms with Gasteiger partial charge in [-0.05, 0) is 94.1 Å². The van der Waals surface area contributed by atoms with E-state index in [0.717, 1.165) is 12.7 Å². The number of hydrogen-bond acceptors (Lipinski definition) is 7. The number of hydrogen-bond donors (Lipinski definition) is 0. The summed E-state index contributed by atoms with van der Waals surface area (Å²) in [6.07, 6.45) is 1.61. The molecule has 0 aliphatic carbocycles. The molecule has 3 aromatic carbocycles. The van der Waals surface area contributed by atoms with Crippen LogP contribution in [0.15, 0.2) is 71.4 Å². The van der Waals surface area contributed by atoms with E-state index in [4.69, 9.17) is 14.2 Å². The van der Waals surface area contributed by atoms with E-state index in [0.29, 0.717) is 35.8 Å². The highest BCUT2D eigenvalue weighted by atomic mass is 127. The minimum Gasteiger partial charge on any atom is -0.490 e. The van der Waals surface area contributed by atoms with E-state index >= 15 is 0 Å². The summed E-state index contributed by atoms with van der Waals surface area (Å²) in [5, 5.41) is 10.9. The van der Waals surface area contributed by atoms with Gasteiger partial charge in [-0.25, -0.2) is 9.79 Å². The molecule has 3 aromatic rings. The molecule has 178 valence electrons. The molecule has 1 aliphatic heterocycles. The Morgan fingerprint density at radius 1 is 1.06 bits per heavy atom. The molecule has 0 bridgehead atoms. The lowest BCUT2D eigenvalue weighted by Gasteiger charge is -2.15. The van der Waals surface area contributed by atoms with E-state index in [1.54, 1.807) is 12.1 Å². The molecule has 1 heterocycles. The number of nitro benzene ring substituents is 1. The zero-order valence-electron chi connectivity index (χ0n) is 18.4. The molecule has 0 amide bonds. The summed E-state index contributed by atoms with van der Waals surface area (Å²) < 4.78 is 19.1. The number of ether oxygens (including phenoxy) is 3. The molecule has 0 aromatic heterocycles. The van der Waals surface area contributed by atoms with Crippen LogP contribution in [0.4, 0.5) is 5.69 Å². The molecule has 0 fully saturated rings. The Morgan fingerprint density at radius 2 is 1.80 bits per heavy atom. The maximum absolute atomic E-state index is 12.4. The molecule has 1 aliphatic rings. The van der Waals surface area contributed by atoms with Crippen LogP contribution in [0.3, 0.4) is 0 Å². The van der Waals surface area contributed by atoms with Gasteiger partial charge in [0.15, 0.2) is 17.2 Å². The average Bonchev–Trinajstić information content (AvgIpc) is 3.20. The van der Waals surface area contributed by atoms with Crippen LogP contribution in [0.2, 0.25) is 0 Å². The first kappa shape index (κ1) is 25.1. The minimum atomic E-state index is -0.606. The first-order chi connectivity index (χ1) is 16.9. The first-order valence-electron chi connectivity index (χ1n) is 10.5. The largest absolute Gasteiger partial charge is 0.490 e. The normalized spacial score (nSPS) is 14.0. The monoisotopic (exact) mass is 696 g/mol. The molecule has 0 spiro atoms. The maximum atomic E-state index is 12.4. The van der Waals surface area contributed by atoms with Crippen molar-refractivity contribution in [2.75, 3.05) is 6.61 Å². The van der Waals surface area contributed by atoms with Crippen molar-refractivity contribution in [1.82, 2.24) is 0 Å². The van der Waals surface area contributed by atoms with Crippen LogP contribution in [0.25, 0.3) is 6.08 Å². The molecule has 0 saturated carbocycles. The van der Waals surface area contributed by atoms with Crippen LogP contribution in [-0.2, 0) is 16.1 Å². The van der Waals surface area contributed by atoms with Gasteiger partial charge in [0, 0.05) is 26.8 Å². The summed E-state index contributed by atoms with van der Waals surface area (Å²) in [4.78, 5) is 27.1. The number of benzene rings is 3. The smallest absolute Gasteiger partial charge is 0.363 e. The lowest BCUT2D eigenvalue weighted by molar-refractivity contribution is -0.384. The topological polar surface area (TPSA) is 100 Å². The highest BCUT2D eigenvalue weighted by Gasteiger charge is 2.25. The minimum absolute atomic E-state index is 0.0586. The number of rotatable bonds is 8. The number of nitro groups is 1. The summed E-state index contributed by atoms with van der Waals surface area (Å²) in [5.74, 6) is 0.667. The van der Waals surface area contributed by atoms with E-state index in [2.05, 4.69) is 50.2 Å². The van der Waals surface area contributed by atoms with Gasteiger partial charge in [-0.1, -0.05) is 18.2 Å². The predicted octanol–water partition coefficient (Wildman–Crippen LogP) is 6.13. The number of aliphatic imine (C=N–C) groups is 1. The number of carbonyl (C=O) groups is 1. The summed E-state index contributed by atoms with van der Waals surface area (Å²) in [6.45, 7) is 2.72. The van der Waals surface area contributed by atoms with Gasteiger partial charge < -0.3 is 14.2 Å². The SMILES string of the molecule is CCOc1cc(/C=C2\N=C(c3ccc([N+](=O)[O-])cc3)OC2=O)cc(I)c1OCc1ccccc1I. The summed E-state index contributed by atoms with van der Waals surface area (Å²) in [5.41, 5.74) is 2.29. The number of nitrogens with zero attached hydrogens (tertiary/aromatic N) is 2. The Morgan fingerprint density at radius 3 is 2.49 bits per heavy atom. The highest BCUT2D eigenvalue weighted by Crippen LogP contribution is 2.36. The Bertz CT molecular complexity index is 1350. The number of esters is 1. The van der Waals surface area contributed by atoms with Crippen LogP contribution < -0.4 is 9.47 Å². The van der Waals surface area contributed by atoms with Gasteiger partial charge in [0.1, 0.15) is 6.61 Å². The van der Waals surface area contributed by atoms with E-state index in [1.807, 2.05) is 37.3 Å². The lowest BCUT2D eigenvalue weighted by Crippen LogP contribution is -2.05. The Hall–Kier alpha value is -3.00. The second kappa shape index (κ2) is 11.2. The van der Waals surface area contributed by atoms with Crippen molar-refractivity contribution in [2.24, 2.45) is 4.99 Å². The molecule has 10 heteroatoms. The van der Waals surface area contributed by atoms with E-state index < -0.39 is 10.9 Å². The average molecular weight is 696 g/mol. The fourth-order valence-electron chi connectivity index (χ4n) is 3.26. The van der Waals surface area contributed by atoms with E-state index in [9.17, 15) is 14.9 Å². The number of non-ortho nitro benzene ring substituents is 1. The van der Waals surface area contributed by atoms with Gasteiger partial charge in [-0.3, -0.25) is 10.1 Å². The molecule has 4 rings (SSSR count). The number of halogens is 2. The molecule has 0 unspecified atom stereocenters. The fourth-order valence-corrected chi connectivity index (χ4v) is 4.58. The van der Waals surface area contributed by atoms with Gasteiger partial charge in [-0.2, -0.15) is 0 Å². The van der Waals surface area contributed by atoms with Gasteiger partial charge >= 0.3 is 5.97 Å². The molecule has 0 saturated heterocycles. The Balaban J connectivity index is 1.60. The summed E-state index contributed by atoms with van der Waals surface area (Å²) in [7, 11) is 0. The van der Waals surface area contributed by atoms with Crippen LogP contribution in [0.5, 0.6) is 11.5 Å². The van der Waals surface area contributed by atoms with Gasteiger partial charge in [0.05, 0.1) is 15.1 Å². The molecule has 8 nitrogen and oxygen atoms in total. The lowest BCUT2D eigenvalue weighted by atomic mass is 10.1. The zero-order valence-corrected chi connectivity index (χ0v) is 22.7. The molecule has 0 atom stereocenters. The van der Waals surface area contributed by atoms with E-state index in [1.165, 1.54) is 24.3 Å². The van der Waals surface area contributed by atoms with Crippen LogP contribution >= 0.6 is 45.2 Å². The van der Waals surface area contributed by atoms with Crippen LogP contribution in [0.1, 0.15) is 23.6 Å². The van der Waals surface area contributed by atoms with Crippen LogP contribution in [-0.4, -0.2) is 23.4 Å². The van der Waals surface area contributed by atoms with Crippen molar-refractivity contribution in [3.8, 4) is 11.5 Å². The Kier molecular flexibility index (Phi) is 8.00. The van der Waals surface area contributed by atoms with Gasteiger partial charge in [0.25, 0.3) is 5.69 Å². The van der Waals surface area contributed by atoms with Crippen molar-refractivity contribution in [2.45, 2.75) is 13.5 Å². The number of cyclic esters (lactones) is 1. The van der Waals surface area contributed by atoms with Crippen LogP contribution in [0, 0.1) is 17.3 Å². The van der Waals surface area contributed by atoms with Gasteiger partial charge in [-0.15, -0.1) is 0 Å². The molecule has 35 heavy (non-hydrogen) atoms.